The van der Waals surface area contributed by atoms with Crippen LogP contribution in [0.25, 0.3) is 0 Å². The van der Waals surface area contributed by atoms with Gasteiger partial charge in [-0.25, -0.2) is 17.2 Å². The first kappa shape index (κ1) is 40.9. The fourth-order valence-corrected chi connectivity index (χ4v) is 6.28. The van der Waals surface area contributed by atoms with Gasteiger partial charge in [-0.05, 0) is 60.2 Å². The maximum atomic E-state index is 14.0. The van der Waals surface area contributed by atoms with Gasteiger partial charge in [-0.15, -0.1) is 24.8 Å². The van der Waals surface area contributed by atoms with Crippen molar-refractivity contribution in [3.8, 4) is 0 Å². The highest BCUT2D eigenvalue weighted by molar-refractivity contribution is 7.91. The van der Waals surface area contributed by atoms with Crippen molar-refractivity contribution >= 4 is 46.5 Å². The lowest BCUT2D eigenvalue weighted by Gasteiger charge is -2.27. The molecule has 0 aliphatic rings. The number of aryl methyl sites for hydroxylation is 1. The molecular weight excluding hydrogens is 661 g/mol. The zero-order valence-electron chi connectivity index (χ0n) is 25.7. The fraction of sp³-hybridized carbons (Fsp3) is 0.406. The average molecular weight is 704 g/mol. The molecule has 46 heavy (non-hydrogen) atoms. The molecule has 9 nitrogen and oxygen atoms in total. The molecule has 254 valence electrons. The van der Waals surface area contributed by atoms with Crippen molar-refractivity contribution in [3.63, 3.8) is 0 Å². The van der Waals surface area contributed by atoms with Gasteiger partial charge in [0.05, 0.1) is 29.2 Å². The molecule has 0 aliphatic carbocycles. The number of halogens is 4. The van der Waals surface area contributed by atoms with Crippen molar-refractivity contribution in [2.45, 2.75) is 64.3 Å². The molecule has 0 fully saturated rings. The van der Waals surface area contributed by atoms with E-state index in [1.807, 2.05) is 38.1 Å². The summed E-state index contributed by atoms with van der Waals surface area (Å²) in [6.45, 7) is 4.29. The number of benzene rings is 2. The Morgan fingerprint density at radius 1 is 0.935 bits per heavy atom. The molecule has 3 aromatic rings. The maximum Gasteiger partial charge on any atom is 0.253 e. The van der Waals surface area contributed by atoms with Gasteiger partial charge in [0, 0.05) is 31.5 Å². The van der Waals surface area contributed by atoms with Crippen LogP contribution >= 0.6 is 24.8 Å². The largest absolute Gasteiger partial charge is 0.390 e. The number of carbonyl (C=O) groups is 2. The van der Waals surface area contributed by atoms with Crippen LogP contribution in [0, 0.1) is 11.6 Å². The van der Waals surface area contributed by atoms with E-state index in [4.69, 9.17) is 0 Å². The number of amides is 2. The van der Waals surface area contributed by atoms with Crippen LogP contribution in [-0.2, 0) is 34.0 Å². The molecule has 1 aromatic heterocycles. The molecular formula is C32H42Cl2F2N4O5S. The summed E-state index contributed by atoms with van der Waals surface area (Å²) in [5.41, 5.74) is 2.43. The van der Waals surface area contributed by atoms with E-state index in [0.29, 0.717) is 25.5 Å². The number of hydrogen-bond donors (Lipinski definition) is 4. The maximum absolute atomic E-state index is 14.0. The number of rotatable bonds is 17. The molecule has 3 rings (SSSR count). The van der Waals surface area contributed by atoms with Crippen molar-refractivity contribution in [1.29, 1.82) is 0 Å². The fourth-order valence-electron chi connectivity index (χ4n) is 4.64. The third kappa shape index (κ3) is 13.7. The highest BCUT2D eigenvalue weighted by Crippen LogP contribution is 2.13. The third-order valence-electron chi connectivity index (χ3n) is 7.03. The van der Waals surface area contributed by atoms with E-state index < -0.39 is 57.2 Å². The highest BCUT2D eigenvalue weighted by atomic mass is 35.5. The van der Waals surface area contributed by atoms with Gasteiger partial charge in [0.25, 0.3) is 5.91 Å². The van der Waals surface area contributed by atoms with Crippen molar-refractivity contribution in [1.82, 2.24) is 20.9 Å². The Hall–Kier alpha value is -3.16. The molecule has 4 N–H and O–H groups in total. The Morgan fingerprint density at radius 2 is 1.63 bits per heavy atom. The average Bonchev–Trinajstić information content (AvgIpc) is 2.99. The van der Waals surface area contributed by atoms with Gasteiger partial charge < -0.3 is 21.1 Å². The number of sulfone groups is 1. The SMILES string of the molecule is CCCCS(=O)(=O)CC(NC(=O)c1cccnc1)C(=O)N[C@@H](Cc1cc(F)cc(F)c1)[C@H](O)CNCc1cccc(CC)c1.Cl.Cl. The normalized spacial score (nSPS) is 13.0. The zero-order chi connectivity index (χ0) is 32.1. The number of aliphatic hydroxyl groups is 1. The van der Waals surface area contributed by atoms with Gasteiger partial charge in [-0.2, -0.15) is 0 Å². The molecule has 1 heterocycles. The summed E-state index contributed by atoms with van der Waals surface area (Å²) in [6, 6.07) is 11.2. The van der Waals surface area contributed by atoms with Gasteiger partial charge in [-0.1, -0.05) is 44.5 Å². The van der Waals surface area contributed by atoms with Crippen molar-refractivity contribution < 1.29 is 31.9 Å². The van der Waals surface area contributed by atoms with Crippen LogP contribution < -0.4 is 16.0 Å². The predicted octanol–water partition coefficient (Wildman–Crippen LogP) is 3.96. The predicted molar refractivity (Wildman–Crippen MR) is 179 cm³/mol. The molecule has 2 amide bonds. The first-order valence-corrected chi connectivity index (χ1v) is 16.4. The summed E-state index contributed by atoms with van der Waals surface area (Å²) in [5, 5.41) is 19.4. The van der Waals surface area contributed by atoms with E-state index in [9.17, 15) is 31.9 Å². The lowest BCUT2D eigenvalue weighted by atomic mass is 10.00. The topological polar surface area (TPSA) is 137 Å². The molecule has 0 saturated carbocycles. The number of nitrogens with one attached hydrogen (secondary N) is 3. The summed E-state index contributed by atoms with van der Waals surface area (Å²) in [6.07, 6.45) is 3.20. The molecule has 1 unspecified atom stereocenters. The molecule has 3 atom stereocenters. The Labute approximate surface area is 281 Å². The highest BCUT2D eigenvalue weighted by Gasteiger charge is 2.31. The van der Waals surface area contributed by atoms with E-state index in [-0.39, 0.29) is 54.7 Å². The summed E-state index contributed by atoms with van der Waals surface area (Å²) in [4.78, 5) is 30.4. The van der Waals surface area contributed by atoms with Gasteiger partial charge in [0.15, 0.2) is 9.84 Å². The Kier molecular flexibility index (Phi) is 17.9. The Balaban J connectivity index is 0.00000529. The first-order chi connectivity index (χ1) is 21.0. The summed E-state index contributed by atoms with van der Waals surface area (Å²) >= 11 is 0. The van der Waals surface area contributed by atoms with Crippen LogP contribution in [-0.4, -0.2) is 66.6 Å². The smallest absolute Gasteiger partial charge is 0.253 e. The monoisotopic (exact) mass is 702 g/mol. The second-order valence-corrected chi connectivity index (χ2v) is 12.9. The van der Waals surface area contributed by atoms with Gasteiger partial charge >= 0.3 is 0 Å². The molecule has 14 heteroatoms. The van der Waals surface area contributed by atoms with Crippen LogP contribution in [0.3, 0.4) is 0 Å². The van der Waals surface area contributed by atoms with Crippen molar-refractivity contribution in [2.24, 2.45) is 0 Å². The Morgan fingerprint density at radius 3 is 2.26 bits per heavy atom. The summed E-state index contributed by atoms with van der Waals surface area (Å²) < 4.78 is 53.7. The van der Waals surface area contributed by atoms with E-state index >= 15 is 0 Å². The minimum absolute atomic E-state index is 0. The summed E-state index contributed by atoms with van der Waals surface area (Å²) in [7, 11) is -3.76. The van der Waals surface area contributed by atoms with Gasteiger partial charge in [0.2, 0.25) is 5.91 Å². The second-order valence-electron chi connectivity index (χ2n) is 10.7. The van der Waals surface area contributed by atoms with Gasteiger partial charge in [-0.3, -0.25) is 14.6 Å². The number of aromatic nitrogens is 1. The molecule has 0 aliphatic heterocycles. The van der Waals surface area contributed by atoms with Crippen molar-refractivity contribution in [3.05, 3.63) is 101 Å². The van der Waals surface area contributed by atoms with Crippen LogP contribution in [0.4, 0.5) is 8.78 Å². The van der Waals surface area contributed by atoms with E-state index in [1.54, 1.807) is 0 Å². The Bertz CT molecular complexity index is 1480. The van der Waals surface area contributed by atoms with E-state index in [0.717, 1.165) is 29.7 Å². The molecule has 0 spiro atoms. The summed E-state index contributed by atoms with van der Waals surface area (Å²) in [5.74, 6) is -4.06. The number of pyridine rings is 1. The molecule has 0 radical (unpaired) electrons. The minimum atomic E-state index is -3.76. The van der Waals surface area contributed by atoms with Crippen molar-refractivity contribution in [2.75, 3.05) is 18.1 Å². The second kappa shape index (κ2) is 20.2. The number of aliphatic hydroxyl groups excluding tert-OH is 1. The van der Waals surface area contributed by atoms with Crippen LogP contribution in [0.5, 0.6) is 0 Å². The third-order valence-corrected chi connectivity index (χ3v) is 8.78. The van der Waals surface area contributed by atoms with Crippen LogP contribution in [0.2, 0.25) is 0 Å². The standard InChI is InChI=1S/C32H40F2N4O5S.2ClH/c1-3-5-12-44(42,43)21-29(38-31(40)25-10-7-11-35-19-25)32(41)37-28(16-24-14-26(33)17-27(34)15-24)30(39)20-36-18-23-9-6-8-22(4-2)13-23;;/h6-11,13-15,17,19,28-30,36,39H,3-5,12,16,18,20-21H2,1-2H3,(H,37,41)(H,38,40);2*1H/t28-,29?,30+;;/m0../s1. The molecule has 0 saturated heterocycles. The van der Waals surface area contributed by atoms with Gasteiger partial charge in [0.1, 0.15) is 17.7 Å². The molecule has 0 bridgehead atoms. The van der Waals surface area contributed by atoms with Crippen LogP contribution in [0.1, 0.15) is 53.7 Å². The quantitative estimate of drug-likeness (QED) is 0.167. The van der Waals surface area contributed by atoms with E-state index in [1.165, 1.54) is 24.5 Å². The van der Waals surface area contributed by atoms with E-state index in [2.05, 4.69) is 20.9 Å². The zero-order valence-corrected chi connectivity index (χ0v) is 28.2. The number of carbonyl (C=O) groups excluding carboxylic acids is 2. The molecule has 2 aromatic carbocycles. The number of unbranched alkanes of at least 4 members (excludes halogenated alkanes) is 1. The lowest BCUT2D eigenvalue weighted by molar-refractivity contribution is -0.124. The minimum Gasteiger partial charge on any atom is -0.390 e. The lowest BCUT2D eigenvalue weighted by Crippen LogP contribution is -2.56. The number of hydrogen-bond acceptors (Lipinski definition) is 7. The first-order valence-electron chi connectivity index (χ1n) is 14.6. The van der Waals surface area contributed by atoms with Crippen LogP contribution in [0.15, 0.2) is 67.0 Å². The number of nitrogens with zero attached hydrogens (tertiary/aromatic N) is 1.